The van der Waals surface area contributed by atoms with Gasteiger partial charge in [0, 0.05) is 32.3 Å². The summed E-state index contributed by atoms with van der Waals surface area (Å²) in [6.45, 7) is 1.97. The summed E-state index contributed by atoms with van der Waals surface area (Å²) in [4.78, 5) is 0.777. The normalized spacial score (nSPS) is 11.4. The molecule has 0 saturated carbocycles. The summed E-state index contributed by atoms with van der Waals surface area (Å²) < 4.78 is 16.0. The van der Waals surface area contributed by atoms with E-state index in [0.29, 0.717) is 26.5 Å². The second-order valence-electron chi connectivity index (χ2n) is 5.67. The molecule has 0 unspecified atom stereocenters. The second kappa shape index (κ2) is 7.19. The van der Waals surface area contributed by atoms with Crippen LogP contribution in [0.4, 0.5) is 4.39 Å². The molecule has 0 aliphatic rings. The Morgan fingerprint density at radius 2 is 2.00 bits per heavy atom. The summed E-state index contributed by atoms with van der Waals surface area (Å²) in [6.07, 6.45) is 0. The number of benzene rings is 2. The molecular formula is C18H12Cl2FN3S2. The quantitative estimate of drug-likeness (QED) is 0.350. The summed E-state index contributed by atoms with van der Waals surface area (Å²) in [5, 5.41) is 12.3. The smallest absolute Gasteiger partial charge is 0.217 e. The fourth-order valence-corrected chi connectivity index (χ4v) is 4.91. The molecule has 0 bridgehead atoms. The molecule has 4 aromatic rings. The van der Waals surface area contributed by atoms with Crippen LogP contribution >= 0.6 is 46.3 Å². The highest BCUT2D eigenvalue weighted by molar-refractivity contribution is 7.98. The molecule has 0 aliphatic carbocycles. The molecule has 0 saturated heterocycles. The first-order chi connectivity index (χ1) is 12.5. The van der Waals surface area contributed by atoms with Gasteiger partial charge in [-0.25, -0.2) is 4.39 Å². The van der Waals surface area contributed by atoms with Gasteiger partial charge < -0.3 is 0 Å². The molecule has 4 rings (SSSR count). The third-order valence-corrected chi connectivity index (χ3v) is 6.53. The Morgan fingerprint density at radius 1 is 1.15 bits per heavy atom. The first-order valence-electron chi connectivity index (χ1n) is 7.69. The molecule has 0 aliphatic heterocycles. The topological polar surface area (TPSA) is 30.2 Å². The highest BCUT2D eigenvalue weighted by Crippen LogP contribution is 2.34. The Labute approximate surface area is 167 Å². The van der Waals surface area contributed by atoms with Gasteiger partial charge in [0.2, 0.25) is 4.96 Å². The number of aryl methyl sites for hydroxylation is 1. The second-order valence-corrected chi connectivity index (χ2v) is 8.27. The van der Waals surface area contributed by atoms with Gasteiger partial charge in [-0.15, -0.1) is 21.5 Å². The molecule has 26 heavy (non-hydrogen) atoms. The maximum Gasteiger partial charge on any atom is 0.217 e. The van der Waals surface area contributed by atoms with Gasteiger partial charge in [-0.05, 0) is 30.7 Å². The summed E-state index contributed by atoms with van der Waals surface area (Å²) in [5.41, 5.74) is 3.43. The van der Waals surface area contributed by atoms with E-state index in [1.165, 1.54) is 29.2 Å². The standard InChI is InChI=1S/C18H12Cl2FN3S2/c1-10-5-6-11(7-14(10)20)16-9-26-18-23-22-17(24(16)18)25-8-12-13(19)3-2-4-15(12)21/h2-7,9H,8H2,1H3. The van der Waals surface area contributed by atoms with Crippen LogP contribution in [0.2, 0.25) is 10.0 Å². The number of hydrogen-bond donors (Lipinski definition) is 0. The van der Waals surface area contributed by atoms with Crippen molar-refractivity contribution in [2.45, 2.75) is 17.8 Å². The van der Waals surface area contributed by atoms with Crippen LogP contribution in [0.25, 0.3) is 16.2 Å². The van der Waals surface area contributed by atoms with Crippen molar-refractivity contribution in [3.05, 3.63) is 68.8 Å². The van der Waals surface area contributed by atoms with E-state index in [1.807, 2.05) is 34.9 Å². The van der Waals surface area contributed by atoms with Crippen LogP contribution in [-0.2, 0) is 5.75 Å². The van der Waals surface area contributed by atoms with Crippen molar-refractivity contribution in [3.8, 4) is 11.3 Å². The third kappa shape index (κ3) is 3.22. The van der Waals surface area contributed by atoms with Crippen LogP contribution in [0, 0.1) is 12.7 Å². The molecule has 0 amide bonds. The molecule has 0 fully saturated rings. The molecular weight excluding hydrogens is 412 g/mol. The number of aromatic nitrogens is 3. The van der Waals surface area contributed by atoms with E-state index in [9.17, 15) is 4.39 Å². The first kappa shape index (κ1) is 17.8. The fraction of sp³-hybridized carbons (Fsp3) is 0.111. The highest BCUT2D eigenvalue weighted by Gasteiger charge is 2.16. The third-order valence-electron chi connectivity index (χ3n) is 4.00. The van der Waals surface area contributed by atoms with Crippen LogP contribution < -0.4 is 0 Å². The summed E-state index contributed by atoms with van der Waals surface area (Å²) in [6, 6.07) is 10.6. The molecule has 2 aromatic heterocycles. The summed E-state index contributed by atoms with van der Waals surface area (Å²) in [7, 11) is 0. The Kier molecular flexibility index (Phi) is 4.92. The van der Waals surface area contributed by atoms with Crippen molar-refractivity contribution in [3.63, 3.8) is 0 Å². The molecule has 0 atom stereocenters. The Bertz CT molecular complexity index is 1090. The molecule has 0 radical (unpaired) electrons. The minimum Gasteiger partial charge on any atom is -0.260 e. The summed E-state index contributed by atoms with van der Waals surface area (Å²) >= 11 is 15.3. The largest absolute Gasteiger partial charge is 0.260 e. The maximum absolute atomic E-state index is 14.0. The van der Waals surface area contributed by atoms with Gasteiger partial charge in [0.25, 0.3) is 0 Å². The van der Waals surface area contributed by atoms with Gasteiger partial charge in [0.15, 0.2) is 5.16 Å². The molecule has 0 spiro atoms. The number of nitrogens with zero attached hydrogens (tertiary/aromatic N) is 3. The Morgan fingerprint density at radius 3 is 2.77 bits per heavy atom. The van der Waals surface area contributed by atoms with Crippen LogP contribution in [0.3, 0.4) is 0 Å². The highest BCUT2D eigenvalue weighted by atomic mass is 35.5. The van der Waals surface area contributed by atoms with Crippen molar-refractivity contribution in [1.29, 1.82) is 0 Å². The van der Waals surface area contributed by atoms with Crippen molar-refractivity contribution >= 4 is 51.3 Å². The fourth-order valence-electron chi connectivity index (χ4n) is 2.55. The van der Waals surface area contributed by atoms with Gasteiger partial charge >= 0.3 is 0 Å². The van der Waals surface area contributed by atoms with Gasteiger partial charge in [-0.2, -0.15) is 0 Å². The SMILES string of the molecule is Cc1ccc(-c2csc3nnc(SCc4c(F)cccc4Cl)n23)cc1Cl. The van der Waals surface area contributed by atoms with Crippen molar-refractivity contribution in [2.75, 3.05) is 0 Å². The lowest BCUT2D eigenvalue weighted by atomic mass is 10.1. The molecule has 8 heteroatoms. The number of rotatable bonds is 4. The van der Waals surface area contributed by atoms with E-state index in [2.05, 4.69) is 10.2 Å². The van der Waals surface area contributed by atoms with Crippen LogP contribution in [0.1, 0.15) is 11.1 Å². The molecule has 3 nitrogen and oxygen atoms in total. The Balaban J connectivity index is 1.71. The molecule has 132 valence electrons. The minimum absolute atomic E-state index is 0.318. The van der Waals surface area contributed by atoms with Crippen LogP contribution in [-0.4, -0.2) is 14.6 Å². The monoisotopic (exact) mass is 423 g/mol. The molecule has 0 N–H and O–H groups in total. The number of fused-ring (bicyclic) bond motifs is 1. The van der Waals surface area contributed by atoms with Crippen molar-refractivity contribution in [1.82, 2.24) is 14.6 Å². The van der Waals surface area contributed by atoms with E-state index in [-0.39, 0.29) is 5.82 Å². The number of thioether (sulfide) groups is 1. The summed E-state index contributed by atoms with van der Waals surface area (Å²) in [5.74, 6) is 0.0533. The van der Waals surface area contributed by atoms with Crippen molar-refractivity contribution < 1.29 is 4.39 Å². The lowest BCUT2D eigenvalue weighted by Crippen LogP contribution is -1.93. The zero-order chi connectivity index (χ0) is 18.3. The van der Waals surface area contributed by atoms with Gasteiger partial charge in [-0.1, -0.05) is 53.2 Å². The zero-order valence-electron chi connectivity index (χ0n) is 13.5. The zero-order valence-corrected chi connectivity index (χ0v) is 16.7. The minimum atomic E-state index is -0.318. The molecule has 2 heterocycles. The Hall–Kier alpha value is -1.60. The number of halogens is 3. The van der Waals surface area contributed by atoms with E-state index >= 15 is 0 Å². The average Bonchev–Trinajstić information content (AvgIpc) is 3.20. The lowest BCUT2D eigenvalue weighted by molar-refractivity contribution is 0.617. The van der Waals surface area contributed by atoms with Crippen LogP contribution in [0.5, 0.6) is 0 Å². The average molecular weight is 424 g/mol. The first-order valence-corrected chi connectivity index (χ1v) is 10.3. The predicted octanol–water partition coefficient (Wildman–Crippen LogP) is 6.50. The van der Waals surface area contributed by atoms with Crippen molar-refractivity contribution in [2.24, 2.45) is 0 Å². The van der Waals surface area contributed by atoms with Crippen LogP contribution in [0.15, 0.2) is 46.9 Å². The number of thiazole rings is 1. The molecule has 2 aromatic carbocycles. The van der Waals surface area contributed by atoms with Gasteiger partial charge in [-0.3, -0.25) is 4.40 Å². The van der Waals surface area contributed by atoms with E-state index < -0.39 is 0 Å². The maximum atomic E-state index is 14.0. The predicted molar refractivity (Wildman–Crippen MR) is 107 cm³/mol. The van der Waals surface area contributed by atoms with Gasteiger partial charge in [0.1, 0.15) is 5.82 Å². The lowest BCUT2D eigenvalue weighted by Gasteiger charge is -2.06. The van der Waals surface area contributed by atoms with E-state index in [4.69, 9.17) is 23.2 Å². The van der Waals surface area contributed by atoms with Gasteiger partial charge in [0.05, 0.1) is 5.69 Å². The van der Waals surface area contributed by atoms with E-state index in [0.717, 1.165) is 21.8 Å². The number of hydrogen-bond acceptors (Lipinski definition) is 4. The van der Waals surface area contributed by atoms with E-state index in [1.54, 1.807) is 12.1 Å².